The molecule has 192 valence electrons. The fourth-order valence-electron chi connectivity index (χ4n) is 3.84. The zero-order chi connectivity index (χ0) is 26.6. The zero-order valence-electron chi connectivity index (χ0n) is 20.7. The highest BCUT2D eigenvalue weighted by Crippen LogP contribution is 2.33. The van der Waals surface area contributed by atoms with E-state index >= 15 is 0 Å². The van der Waals surface area contributed by atoms with Crippen LogP contribution in [0.3, 0.4) is 0 Å². The predicted octanol–water partition coefficient (Wildman–Crippen LogP) is 3.06. The van der Waals surface area contributed by atoms with E-state index in [1.807, 2.05) is 0 Å². The van der Waals surface area contributed by atoms with Crippen molar-refractivity contribution >= 4 is 44.9 Å². The number of anilines is 1. The van der Waals surface area contributed by atoms with E-state index in [2.05, 4.69) is 15.8 Å². The minimum atomic E-state index is -1.06. The largest absolute Gasteiger partial charge is 0.496 e. The van der Waals surface area contributed by atoms with Gasteiger partial charge in [-0.3, -0.25) is 19.6 Å². The van der Waals surface area contributed by atoms with E-state index in [4.69, 9.17) is 10.1 Å². The average Bonchev–Trinajstić information content (AvgIpc) is 3.15. The molecule has 36 heavy (non-hydrogen) atoms. The molecule has 1 amide bonds. The molecule has 2 aromatic heterocycles. The van der Waals surface area contributed by atoms with E-state index in [0.717, 1.165) is 22.1 Å². The lowest BCUT2D eigenvalue weighted by Gasteiger charge is -2.19. The number of halogens is 1. The molecule has 1 aromatic carbocycles. The molecule has 0 saturated heterocycles. The van der Waals surface area contributed by atoms with Crippen LogP contribution < -0.4 is 26.7 Å². The van der Waals surface area contributed by atoms with Crippen molar-refractivity contribution in [3.8, 4) is 5.75 Å². The number of methoxy groups -OCH3 is 1. The smallest absolute Gasteiger partial charge is 0.332 e. The molecule has 0 aliphatic rings. The number of ether oxygens (including phenoxy) is 1. The molecule has 1 atom stereocenters. The summed E-state index contributed by atoms with van der Waals surface area (Å²) in [5.74, 6) is -0.414. The van der Waals surface area contributed by atoms with Crippen LogP contribution in [0, 0.1) is 18.2 Å². The summed E-state index contributed by atoms with van der Waals surface area (Å²) in [4.78, 5) is 40.3. The number of fused-ring (bicyclic) bond motifs is 1. The molecule has 3 N–H and O–H groups in total. The first-order valence-electron chi connectivity index (χ1n) is 11.3. The normalized spacial score (nSPS) is 12.3. The molecule has 3 aromatic rings. The Labute approximate surface area is 210 Å². The number of nitrogens with zero attached hydrogens (tertiary/aromatic N) is 3. The van der Waals surface area contributed by atoms with Crippen molar-refractivity contribution in [1.29, 1.82) is 5.41 Å². The van der Waals surface area contributed by atoms with Gasteiger partial charge in [0, 0.05) is 24.4 Å². The molecule has 3 rings (SSSR count). The third-order valence-corrected chi connectivity index (χ3v) is 6.82. The highest BCUT2D eigenvalue weighted by molar-refractivity contribution is 7.22. The van der Waals surface area contributed by atoms with Crippen molar-refractivity contribution in [2.75, 3.05) is 12.5 Å². The van der Waals surface area contributed by atoms with Gasteiger partial charge in [0.1, 0.15) is 27.4 Å². The Morgan fingerprint density at radius 2 is 2.03 bits per heavy atom. The van der Waals surface area contributed by atoms with Gasteiger partial charge in [-0.05, 0) is 57.9 Å². The average molecular weight is 517 g/mol. The summed E-state index contributed by atoms with van der Waals surface area (Å²) >= 11 is 1.16. The SMILES string of the molecule is COc1ccc(F)cc1CCn1c(=O)n(C(C)C(=O)NC(C)C)c(=O)c2c(C)c(N/N=C\C=N)sc21. The Hall–Kier alpha value is -3.80. The molecule has 0 spiro atoms. The number of hydrogen-bond donors (Lipinski definition) is 3. The minimum Gasteiger partial charge on any atom is -0.496 e. The number of carbonyl (C=O) groups is 1. The number of aryl methyl sites for hydroxylation is 3. The van der Waals surface area contributed by atoms with Crippen molar-refractivity contribution in [3.63, 3.8) is 0 Å². The Kier molecular flexibility index (Phi) is 8.41. The number of rotatable bonds is 10. The van der Waals surface area contributed by atoms with Crippen molar-refractivity contribution < 1.29 is 13.9 Å². The fraction of sp³-hybridized carbons (Fsp3) is 0.375. The molecular formula is C24H29FN6O4S. The van der Waals surface area contributed by atoms with E-state index in [9.17, 15) is 18.8 Å². The summed E-state index contributed by atoms with van der Waals surface area (Å²) < 4.78 is 21.6. The summed E-state index contributed by atoms with van der Waals surface area (Å²) in [6.45, 7) is 6.91. The van der Waals surface area contributed by atoms with E-state index in [1.165, 1.54) is 43.0 Å². The van der Waals surface area contributed by atoms with Gasteiger partial charge in [-0.25, -0.2) is 13.8 Å². The zero-order valence-corrected chi connectivity index (χ0v) is 21.5. The Balaban J connectivity index is 2.21. The minimum absolute atomic E-state index is 0.108. The topological polar surface area (TPSA) is 131 Å². The molecular weight excluding hydrogens is 487 g/mol. The second-order valence-corrected chi connectivity index (χ2v) is 9.45. The molecule has 0 aliphatic heterocycles. The van der Waals surface area contributed by atoms with Crippen LogP contribution in [-0.4, -0.2) is 40.6 Å². The van der Waals surface area contributed by atoms with Crippen molar-refractivity contribution in [2.45, 2.75) is 52.7 Å². The fourth-order valence-corrected chi connectivity index (χ4v) is 5.01. The van der Waals surface area contributed by atoms with Gasteiger partial charge in [-0.2, -0.15) is 5.10 Å². The maximum Gasteiger partial charge on any atom is 0.332 e. The van der Waals surface area contributed by atoms with Crippen LogP contribution in [0.2, 0.25) is 0 Å². The lowest BCUT2D eigenvalue weighted by atomic mass is 10.1. The van der Waals surface area contributed by atoms with E-state index in [0.29, 0.717) is 26.7 Å². The Bertz CT molecular complexity index is 1440. The van der Waals surface area contributed by atoms with Gasteiger partial charge in [0.15, 0.2) is 0 Å². The molecule has 0 radical (unpaired) electrons. The van der Waals surface area contributed by atoms with Crippen LogP contribution in [-0.2, 0) is 17.8 Å². The summed E-state index contributed by atoms with van der Waals surface area (Å²) in [5, 5.41) is 14.5. The maximum atomic E-state index is 13.9. The number of benzene rings is 1. The van der Waals surface area contributed by atoms with Crippen LogP contribution >= 0.6 is 11.3 Å². The summed E-state index contributed by atoms with van der Waals surface area (Å²) in [5.41, 5.74) is 2.68. The number of aromatic nitrogens is 2. The summed E-state index contributed by atoms with van der Waals surface area (Å²) in [7, 11) is 1.48. The molecule has 0 bridgehead atoms. The predicted molar refractivity (Wildman–Crippen MR) is 141 cm³/mol. The molecule has 0 fully saturated rings. The van der Waals surface area contributed by atoms with Gasteiger partial charge in [0.25, 0.3) is 5.56 Å². The standard InChI is InChI=1S/C24H29FN6O4S/c1-13(2)28-20(32)15(4)31-22(33)19-14(3)21(29-27-10-9-26)36-23(19)30(24(31)34)11-8-16-12-17(25)6-7-18(16)35-5/h6-7,9-10,12-13,15,26,29H,8,11H2,1-5H3,(H,28,32)/b26-9?,27-10-. The number of hydrogen-bond acceptors (Lipinski definition) is 8. The van der Waals surface area contributed by atoms with Gasteiger partial charge < -0.3 is 15.5 Å². The second-order valence-electron chi connectivity index (χ2n) is 8.45. The maximum absolute atomic E-state index is 13.9. The molecule has 0 aliphatic carbocycles. The number of carbonyl (C=O) groups excluding carboxylic acids is 1. The lowest BCUT2D eigenvalue weighted by molar-refractivity contribution is -0.124. The van der Waals surface area contributed by atoms with Crippen LogP contribution in [0.25, 0.3) is 10.2 Å². The van der Waals surface area contributed by atoms with E-state index in [-0.39, 0.29) is 24.4 Å². The van der Waals surface area contributed by atoms with Crippen LogP contribution in [0.4, 0.5) is 9.39 Å². The third-order valence-electron chi connectivity index (χ3n) is 5.60. The Morgan fingerprint density at radius 1 is 1.31 bits per heavy atom. The number of thiophene rings is 1. The molecule has 0 saturated carbocycles. The molecule has 10 nitrogen and oxygen atoms in total. The first kappa shape index (κ1) is 26.8. The summed E-state index contributed by atoms with van der Waals surface area (Å²) in [6.07, 6.45) is 2.48. The second kappa shape index (κ2) is 11.3. The molecule has 1 unspecified atom stereocenters. The number of nitrogens with one attached hydrogen (secondary N) is 3. The highest BCUT2D eigenvalue weighted by Gasteiger charge is 2.26. The number of hydrazone groups is 1. The summed E-state index contributed by atoms with van der Waals surface area (Å²) in [6, 6.07) is 2.91. The first-order chi connectivity index (χ1) is 17.1. The number of amides is 1. The van der Waals surface area contributed by atoms with Gasteiger partial charge >= 0.3 is 5.69 Å². The monoisotopic (exact) mass is 516 g/mol. The van der Waals surface area contributed by atoms with E-state index in [1.54, 1.807) is 20.8 Å². The third kappa shape index (κ3) is 5.38. The van der Waals surface area contributed by atoms with Gasteiger partial charge in [-0.15, -0.1) is 0 Å². The first-order valence-corrected chi connectivity index (χ1v) is 12.1. The van der Waals surface area contributed by atoms with Crippen molar-refractivity contribution in [2.24, 2.45) is 5.10 Å². The van der Waals surface area contributed by atoms with E-state index < -0.39 is 29.0 Å². The van der Waals surface area contributed by atoms with Crippen molar-refractivity contribution in [1.82, 2.24) is 14.5 Å². The molecule has 12 heteroatoms. The molecule has 2 heterocycles. The van der Waals surface area contributed by atoms with Gasteiger partial charge in [0.05, 0.1) is 18.7 Å². The highest BCUT2D eigenvalue weighted by atomic mass is 32.1. The van der Waals surface area contributed by atoms with Gasteiger partial charge in [0.2, 0.25) is 5.91 Å². The van der Waals surface area contributed by atoms with Crippen LogP contribution in [0.15, 0.2) is 32.9 Å². The quantitative estimate of drug-likeness (QED) is 0.282. The van der Waals surface area contributed by atoms with Gasteiger partial charge in [-0.1, -0.05) is 11.3 Å². The lowest BCUT2D eigenvalue weighted by Crippen LogP contribution is -2.47. The van der Waals surface area contributed by atoms with Crippen molar-refractivity contribution in [3.05, 3.63) is 56.0 Å². The Morgan fingerprint density at radius 3 is 2.67 bits per heavy atom. The van der Waals surface area contributed by atoms with Crippen LogP contribution in [0.1, 0.15) is 37.9 Å². The van der Waals surface area contributed by atoms with Crippen LogP contribution in [0.5, 0.6) is 5.75 Å².